The lowest BCUT2D eigenvalue weighted by Crippen LogP contribution is -2.34. The van der Waals surface area contributed by atoms with E-state index in [0.717, 1.165) is 0 Å². The molecule has 0 saturated carbocycles. The summed E-state index contributed by atoms with van der Waals surface area (Å²) < 4.78 is 10.2. The first-order chi connectivity index (χ1) is 13.5. The lowest BCUT2D eigenvalue weighted by molar-refractivity contribution is -0.138. The highest BCUT2D eigenvalue weighted by Crippen LogP contribution is 2.18. The second-order valence-electron chi connectivity index (χ2n) is 5.87. The normalized spacial score (nSPS) is 14.3. The quantitative estimate of drug-likeness (QED) is 0.185. The van der Waals surface area contributed by atoms with Crippen LogP contribution >= 0.6 is 12.2 Å². The number of carbonyl (C=O) groups excluding carboxylic acids is 3. The number of benzene rings is 1. The third-order valence-electron chi connectivity index (χ3n) is 4.08. The molecule has 0 radical (unpaired) electrons. The lowest BCUT2D eigenvalue weighted by atomic mass is 10.0. The minimum absolute atomic E-state index is 0.131. The third kappa shape index (κ3) is 4.01. The molecule has 0 bridgehead atoms. The first-order valence-corrected chi connectivity index (χ1v) is 9.08. The number of esters is 1. The Kier molecular flexibility index (Phi) is 6.00. The molecule has 28 heavy (non-hydrogen) atoms. The maximum Gasteiger partial charge on any atom is 0.343 e. The summed E-state index contributed by atoms with van der Waals surface area (Å²) in [6.45, 7) is 2.44. The van der Waals surface area contributed by atoms with Gasteiger partial charge in [-0.15, -0.1) is 0 Å². The topological polar surface area (TPSA) is 80.1 Å². The van der Waals surface area contributed by atoms with Crippen LogP contribution in [0.4, 0.5) is 0 Å². The van der Waals surface area contributed by atoms with Crippen LogP contribution in [-0.4, -0.2) is 52.3 Å². The summed E-state index contributed by atoms with van der Waals surface area (Å²) in [5, 5.41) is 0.184. The molecule has 1 aliphatic heterocycles. The van der Waals surface area contributed by atoms with Gasteiger partial charge in [-0.3, -0.25) is 14.5 Å². The Balaban J connectivity index is 1.86. The Labute approximate surface area is 167 Å². The number of hydrogen-bond acceptors (Lipinski definition) is 6. The van der Waals surface area contributed by atoms with Gasteiger partial charge in [-0.05, 0) is 31.3 Å². The smallest absolute Gasteiger partial charge is 0.343 e. The molecule has 0 N–H and O–H groups in total. The van der Waals surface area contributed by atoms with Gasteiger partial charge in [0.2, 0.25) is 5.78 Å². The van der Waals surface area contributed by atoms with Crippen molar-refractivity contribution in [2.75, 3.05) is 19.7 Å². The van der Waals surface area contributed by atoms with Crippen molar-refractivity contribution in [3.05, 3.63) is 71.8 Å². The van der Waals surface area contributed by atoms with E-state index in [9.17, 15) is 14.4 Å². The van der Waals surface area contributed by atoms with Crippen molar-refractivity contribution < 1.29 is 23.5 Å². The average Bonchev–Trinajstić information content (AvgIpc) is 3.36. The van der Waals surface area contributed by atoms with E-state index < -0.39 is 11.8 Å². The fourth-order valence-corrected chi connectivity index (χ4v) is 3.03. The Morgan fingerprint density at radius 3 is 2.54 bits per heavy atom. The van der Waals surface area contributed by atoms with Gasteiger partial charge in [0, 0.05) is 24.9 Å². The molecule has 1 saturated heterocycles. The van der Waals surface area contributed by atoms with E-state index in [1.165, 1.54) is 22.3 Å². The van der Waals surface area contributed by atoms with E-state index >= 15 is 0 Å². The number of nitrogens with zero attached hydrogens (tertiary/aromatic N) is 2. The number of ketones is 1. The van der Waals surface area contributed by atoms with Crippen molar-refractivity contribution >= 4 is 35.0 Å². The molecule has 1 aliphatic rings. The van der Waals surface area contributed by atoms with Crippen LogP contribution in [0.25, 0.3) is 0 Å². The van der Waals surface area contributed by atoms with Gasteiger partial charge in [-0.1, -0.05) is 30.3 Å². The maximum atomic E-state index is 12.8. The van der Waals surface area contributed by atoms with E-state index in [1.54, 1.807) is 49.4 Å². The molecule has 8 heteroatoms. The zero-order valence-electron chi connectivity index (χ0n) is 15.2. The molecular formula is C20H18N2O5S. The summed E-state index contributed by atoms with van der Waals surface area (Å²) in [7, 11) is 0. The zero-order valence-corrected chi connectivity index (χ0v) is 16.0. The predicted octanol–water partition coefficient (Wildman–Crippen LogP) is 2.65. The van der Waals surface area contributed by atoms with Crippen LogP contribution in [0, 0.1) is 0 Å². The number of thiocarbonyl (C=S) groups is 1. The maximum absolute atomic E-state index is 12.8. The highest BCUT2D eigenvalue weighted by atomic mass is 32.1. The number of furan rings is 1. The van der Waals surface area contributed by atoms with Crippen LogP contribution in [0.3, 0.4) is 0 Å². The van der Waals surface area contributed by atoms with E-state index in [-0.39, 0.29) is 29.0 Å². The number of hydrogen-bond donors (Lipinski definition) is 0. The first kappa shape index (κ1) is 19.5. The lowest BCUT2D eigenvalue weighted by Gasteiger charge is -2.18. The Morgan fingerprint density at radius 2 is 1.89 bits per heavy atom. The van der Waals surface area contributed by atoms with Gasteiger partial charge in [-0.2, -0.15) is 0 Å². The molecule has 0 atom stereocenters. The Hall–Kier alpha value is -3.26. The van der Waals surface area contributed by atoms with E-state index in [4.69, 9.17) is 21.4 Å². The van der Waals surface area contributed by atoms with Gasteiger partial charge in [0.25, 0.3) is 5.91 Å². The predicted molar refractivity (Wildman–Crippen MR) is 105 cm³/mol. The summed E-state index contributed by atoms with van der Waals surface area (Å²) in [5.74, 6) is -1.43. The molecule has 1 amide bonds. The molecule has 0 aliphatic carbocycles. The molecule has 7 nitrogen and oxygen atoms in total. The molecule has 144 valence electrons. The molecule has 2 heterocycles. The Bertz CT molecular complexity index is 921. The van der Waals surface area contributed by atoms with Crippen molar-refractivity contribution in [3.63, 3.8) is 0 Å². The zero-order chi connectivity index (χ0) is 20.1. The summed E-state index contributed by atoms with van der Waals surface area (Å²) in [5.41, 5.74) is 0.207. The number of ether oxygens (including phenoxy) is 1. The van der Waals surface area contributed by atoms with Crippen LogP contribution in [0.15, 0.2) is 64.9 Å². The SMILES string of the molecule is CCOC(=O)/C(=C/N1CCN(C(=O)c2ccco2)C1=S)C(=O)c1ccccc1. The third-order valence-corrected chi connectivity index (χ3v) is 4.53. The molecule has 0 unspecified atom stereocenters. The van der Waals surface area contributed by atoms with Gasteiger partial charge in [-0.25, -0.2) is 4.79 Å². The van der Waals surface area contributed by atoms with Crippen LogP contribution in [0.2, 0.25) is 0 Å². The molecule has 1 aromatic heterocycles. The molecule has 1 fully saturated rings. The van der Waals surface area contributed by atoms with Gasteiger partial charge in [0.15, 0.2) is 10.9 Å². The standard InChI is InChI=1S/C20H18N2O5S/c1-2-26-19(25)15(17(23)14-7-4-3-5-8-14)13-21-10-11-22(20(21)28)18(24)16-9-6-12-27-16/h3-9,12-13H,2,10-11H2,1H3/b15-13+. The van der Waals surface area contributed by atoms with Gasteiger partial charge in [0.1, 0.15) is 5.57 Å². The summed E-state index contributed by atoms with van der Waals surface area (Å²) in [6, 6.07) is 11.6. The van der Waals surface area contributed by atoms with Crippen molar-refractivity contribution in [2.45, 2.75) is 6.92 Å². The van der Waals surface area contributed by atoms with Crippen LogP contribution in [-0.2, 0) is 9.53 Å². The number of Topliss-reactive ketones (excluding diaryl/α,β-unsaturated/α-hetero) is 1. The first-order valence-electron chi connectivity index (χ1n) is 8.67. The van der Waals surface area contributed by atoms with Crippen LogP contribution in [0.1, 0.15) is 27.8 Å². The molecule has 3 rings (SSSR count). The minimum Gasteiger partial charge on any atom is -0.462 e. The molecule has 1 aromatic carbocycles. The van der Waals surface area contributed by atoms with Gasteiger partial charge >= 0.3 is 5.97 Å². The van der Waals surface area contributed by atoms with Crippen LogP contribution in [0.5, 0.6) is 0 Å². The minimum atomic E-state index is -0.741. The molecule has 0 spiro atoms. The van der Waals surface area contributed by atoms with Gasteiger partial charge in [0.05, 0.1) is 12.9 Å². The largest absolute Gasteiger partial charge is 0.462 e. The highest BCUT2D eigenvalue weighted by molar-refractivity contribution is 7.80. The van der Waals surface area contributed by atoms with E-state index in [0.29, 0.717) is 18.7 Å². The summed E-state index contributed by atoms with van der Waals surface area (Å²) >= 11 is 5.37. The monoisotopic (exact) mass is 398 g/mol. The average molecular weight is 398 g/mol. The molecular weight excluding hydrogens is 380 g/mol. The van der Waals surface area contributed by atoms with Gasteiger partial charge < -0.3 is 14.1 Å². The number of amides is 1. The fourth-order valence-electron chi connectivity index (χ4n) is 2.71. The number of rotatable bonds is 6. The van der Waals surface area contributed by atoms with Crippen molar-refractivity contribution in [3.8, 4) is 0 Å². The second kappa shape index (κ2) is 8.62. The highest BCUT2D eigenvalue weighted by Gasteiger charge is 2.32. The fraction of sp³-hybridized carbons (Fsp3) is 0.200. The molecule has 2 aromatic rings. The Morgan fingerprint density at radius 1 is 1.14 bits per heavy atom. The van der Waals surface area contributed by atoms with Crippen molar-refractivity contribution in [1.29, 1.82) is 0 Å². The van der Waals surface area contributed by atoms with E-state index in [2.05, 4.69) is 0 Å². The summed E-state index contributed by atoms with van der Waals surface area (Å²) in [6.07, 6.45) is 2.76. The van der Waals surface area contributed by atoms with Crippen LogP contribution < -0.4 is 0 Å². The second-order valence-corrected chi connectivity index (χ2v) is 6.23. The van der Waals surface area contributed by atoms with E-state index in [1.807, 2.05) is 0 Å². The van der Waals surface area contributed by atoms with Crippen molar-refractivity contribution in [1.82, 2.24) is 9.80 Å². The summed E-state index contributed by atoms with van der Waals surface area (Å²) in [4.78, 5) is 40.6. The van der Waals surface area contributed by atoms with Crippen molar-refractivity contribution in [2.24, 2.45) is 0 Å². The number of carbonyl (C=O) groups is 3.